The summed E-state index contributed by atoms with van der Waals surface area (Å²) in [6.45, 7) is 1.86. The number of benzene rings is 1. The first-order valence-corrected chi connectivity index (χ1v) is 10.5. The summed E-state index contributed by atoms with van der Waals surface area (Å²) in [6, 6.07) is 13.2. The molecule has 4 aromatic rings. The zero-order valence-corrected chi connectivity index (χ0v) is 19.0. The van der Waals surface area contributed by atoms with Crippen LogP contribution in [0.1, 0.15) is 27.3 Å². The molecular formula is C23H26N8O2. The molecule has 0 unspecified atom stereocenters. The fraction of sp³-hybridized carbons (Fsp3) is 0.261. The number of aryl methyl sites for hydroxylation is 3. The number of amides is 1. The summed E-state index contributed by atoms with van der Waals surface area (Å²) in [4.78, 5) is 24.3. The molecule has 0 saturated carbocycles. The molecule has 2 N–H and O–H groups in total. The van der Waals surface area contributed by atoms with E-state index in [-0.39, 0.29) is 5.91 Å². The monoisotopic (exact) mass is 446 g/mol. The van der Waals surface area contributed by atoms with Crippen molar-refractivity contribution in [2.24, 2.45) is 0 Å². The molecular weight excluding hydrogens is 420 g/mol. The Hall–Kier alpha value is -4.21. The number of rotatable bonds is 8. The van der Waals surface area contributed by atoms with Crippen molar-refractivity contribution in [1.29, 1.82) is 0 Å². The Morgan fingerprint density at radius 3 is 2.70 bits per heavy atom. The quantitative estimate of drug-likeness (QED) is 0.422. The van der Waals surface area contributed by atoms with E-state index in [2.05, 4.69) is 30.6 Å². The molecule has 1 amide bonds. The lowest BCUT2D eigenvalue weighted by Crippen LogP contribution is -2.21. The van der Waals surface area contributed by atoms with Crippen LogP contribution in [0.5, 0.6) is 0 Å². The van der Waals surface area contributed by atoms with Crippen LogP contribution in [-0.4, -0.2) is 57.3 Å². The predicted octanol–water partition coefficient (Wildman–Crippen LogP) is 3.49. The zero-order valence-electron chi connectivity index (χ0n) is 19.0. The van der Waals surface area contributed by atoms with Crippen molar-refractivity contribution in [2.75, 3.05) is 31.4 Å². The van der Waals surface area contributed by atoms with E-state index in [0.29, 0.717) is 29.0 Å². The molecule has 10 heteroatoms. The molecule has 3 heterocycles. The van der Waals surface area contributed by atoms with E-state index in [4.69, 9.17) is 4.52 Å². The second-order valence-electron chi connectivity index (χ2n) is 7.91. The van der Waals surface area contributed by atoms with Crippen LogP contribution in [0.25, 0.3) is 0 Å². The fourth-order valence-corrected chi connectivity index (χ4v) is 3.27. The van der Waals surface area contributed by atoms with Gasteiger partial charge in [0.05, 0.1) is 5.69 Å². The number of nitrogens with zero attached hydrogens (tertiary/aromatic N) is 6. The van der Waals surface area contributed by atoms with Crippen molar-refractivity contribution in [2.45, 2.75) is 19.8 Å². The lowest BCUT2D eigenvalue weighted by atomic mass is 10.0. The topological polar surface area (TPSA) is 116 Å². The molecule has 0 aliphatic rings. The minimum absolute atomic E-state index is 0.00168. The van der Waals surface area contributed by atoms with Crippen molar-refractivity contribution in [1.82, 2.24) is 30.2 Å². The lowest BCUT2D eigenvalue weighted by molar-refractivity contribution is 0.0827. The van der Waals surface area contributed by atoms with Gasteiger partial charge in [0.15, 0.2) is 5.82 Å². The average Bonchev–Trinajstić information content (AvgIpc) is 3.45. The van der Waals surface area contributed by atoms with E-state index in [1.54, 1.807) is 36.2 Å². The molecule has 0 bridgehead atoms. The van der Waals surface area contributed by atoms with Gasteiger partial charge in [-0.2, -0.15) is 10.1 Å². The third kappa shape index (κ3) is 5.35. The van der Waals surface area contributed by atoms with Gasteiger partial charge in [0, 0.05) is 50.7 Å². The van der Waals surface area contributed by atoms with Crippen molar-refractivity contribution in [3.8, 4) is 0 Å². The first-order chi connectivity index (χ1) is 15.9. The third-order valence-electron chi connectivity index (χ3n) is 5.04. The minimum atomic E-state index is -0.00168. The van der Waals surface area contributed by atoms with Crippen LogP contribution in [-0.2, 0) is 12.8 Å². The van der Waals surface area contributed by atoms with Gasteiger partial charge in [-0.15, -0.1) is 0 Å². The van der Waals surface area contributed by atoms with Gasteiger partial charge >= 0.3 is 0 Å². The van der Waals surface area contributed by atoms with Gasteiger partial charge in [0.25, 0.3) is 5.91 Å². The molecule has 0 fully saturated rings. The number of nitrogens with one attached hydrogen (secondary N) is 2. The maximum absolute atomic E-state index is 12.2. The summed E-state index contributed by atoms with van der Waals surface area (Å²) < 4.78 is 5.27. The van der Waals surface area contributed by atoms with Gasteiger partial charge in [-0.1, -0.05) is 17.3 Å². The highest BCUT2D eigenvalue weighted by molar-refractivity contribution is 5.94. The molecule has 0 radical (unpaired) electrons. The molecule has 0 atom stereocenters. The van der Waals surface area contributed by atoms with E-state index >= 15 is 0 Å². The number of carbonyl (C=O) groups is 1. The molecule has 0 spiro atoms. The Bertz CT molecular complexity index is 1250. The van der Waals surface area contributed by atoms with E-state index in [9.17, 15) is 4.79 Å². The molecule has 0 aliphatic carbocycles. The number of aromatic nitrogens is 5. The summed E-state index contributed by atoms with van der Waals surface area (Å²) in [5.74, 6) is 2.29. The van der Waals surface area contributed by atoms with Crippen LogP contribution < -0.4 is 10.2 Å². The number of H-pyrrole nitrogens is 1. The fourth-order valence-electron chi connectivity index (χ4n) is 3.27. The first-order valence-electron chi connectivity index (χ1n) is 10.5. The maximum atomic E-state index is 12.2. The van der Waals surface area contributed by atoms with Gasteiger partial charge in [0.1, 0.15) is 5.82 Å². The van der Waals surface area contributed by atoms with Gasteiger partial charge in [-0.05, 0) is 43.5 Å². The zero-order chi connectivity index (χ0) is 23.4. The van der Waals surface area contributed by atoms with Gasteiger partial charge in [-0.3, -0.25) is 14.8 Å². The summed E-state index contributed by atoms with van der Waals surface area (Å²) in [6.07, 6.45) is 3.21. The minimum Gasteiger partial charge on any atom is -0.345 e. The molecule has 0 aliphatic heterocycles. The second-order valence-corrected chi connectivity index (χ2v) is 7.91. The van der Waals surface area contributed by atoms with Crippen molar-refractivity contribution in [3.05, 3.63) is 71.2 Å². The van der Waals surface area contributed by atoms with E-state index < -0.39 is 0 Å². The summed E-state index contributed by atoms with van der Waals surface area (Å²) in [7, 11) is 5.32. The molecule has 33 heavy (non-hydrogen) atoms. The van der Waals surface area contributed by atoms with Gasteiger partial charge < -0.3 is 14.7 Å². The molecule has 4 rings (SSSR count). The van der Waals surface area contributed by atoms with E-state index in [0.717, 1.165) is 29.8 Å². The lowest BCUT2D eigenvalue weighted by Gasteiger charge is -2.13. The highest BCUT2D eigenvalue weighted by atomic mass is 16.5. The number of hydrogen-bond acceptors (Lipinski definition) is 8. The SMILES string of the molecule is Cc1cc(N(C)c2nccc(Nc3cc(CCc4cccc(C(=O)N(C)C)c4)[nH]n3)n2)on1. The Morgan fingerprint density at radius 2 is 1.94 bits per heavy atom. The standard InChI is InChI=1S/C23H26N8O2/c1-15-12-21(33-29-15)31(4)23-24-11-10-19(26-23)25-20-14-18(27-28-20)9-8-16-6-5-7-17(13-16)22(32)30(2)3/h5-7,10-14H,8-9H2,1-4H3,(H2,24,25,26,27,28). The number of hydrogen-bond donors (Lipinski definition) is 2. The van der Waals surface area contributed by atoms with E-state index in [1.807, 2.05) is 50.4 Å². The highest BCUT2D eigenvalue weighted by Crippen LogP contribution is 2.22. The maximum Gasteiger partial charge on any atom is 0.253 e. The Labute approximate surface area is 191 Å². The number of carbonyl (C=O) groups excluding carboxylic acids is 1. The highest BCUT2D eigenvalue weighted by Gasteiger charge is 2.13. The van der Waals surface area contributed by atoms with Crippen molar-refractivity contribution in [3.63, 3.8) is 0 Å². The Kier molecular flexibility index (Phi) is 6.34. The number of aromatic amines is 1. The van der Waals surface area contributed by atoms with Gasteiger partial charge in [-0.25, -0.2) is 4.98 Å². The summed E-state index contributed by atoms with van der Waals surface area (Å²) >= 11 is 0. The van der Waals surface area contributed by atoms with Crippen molar-refractivity contribution >= 4 is 29.4 Å². The van der Waals surface area contributed by atoms with Crippen LogP contribution >= 0.6 is 0 Å². The molecule has 170 valence electrons. The van der Waals surface area contributed by atoms with E-state index in [1.165, 1.54) is 0 Å². The predicted molar refractivity (Wildman–Crippen MR) is 125 cm³/mol. The van der Waals surface area contributed by atoms with Crippen LogP contribution in [0.4, 0.5) is 23.5 Å². The molecule has 1 aromatic carbocycles. The van der Waals surface area contributed by atoms with Crippen LogP contribution in [0.3, 0.4) is 0 Å². The van der Waals surface area contributed by atoms with Crippen LogP contribution in [0.15, 0.2) is 53.2 Å². The summed E-state index contributed by atoms with van der Waals surface area (Å²) in [5, 5.41) is 14.5. The Balaban J connectivity index is 1.38. The van der Waals surface area contributed by atoms with Crippen molar-refractivity contribution < 1.29 is 9.32 Å². The molecule has 10 nitrogen and oxygen atoms in total. The third-order valence-corrected chi connectivity index (χ3v) is 5.04. The van der Waals surface area contributed by atoms with Gasteiger partial charge in [0.2, 0.25) is 11.8 Å². The number of anilines is 4. The first kappa shape index (κ1) is 22.0. The smallest absolute Gasteiger partial charge is 0.253 e. The second kappa shape index (κ2) is 9.51. The summed E-state index contributed by atoms with van der Waals surface area (Å²) in [5.41, 5.74) is 3.55. The largest absolute Gasteiger partial charge is 0.345 e. The van der Waals surface area contributed by atoms with Crippen LogP contribution in [0.2, 0.25) is 0 Å². The normalized spacial score (nSPS) is 10.8. The average molecular weight is 447 g/mol. The molecule has 0 saturated heterocycles. The molecule has 3 aromatic heterocycles. The Morgan fingerprint density at radius 1 is 1.09 bits per heavy atom. The van der Waals surface area contributed by atoms with Crippen LogP contribution in [0, 0.1) is 6.92 Å².